The van der Waals surface area contributed by atoms with E-state index < -0.39 is 0 Å². The van der Waals surface area contributed by atoms with Crippen LogP contribution in [0.3, 0.4) is 0 Å². The number of para-hydroxylation sites is 1. The van der Waals surface area contributed by atoms with Crippen molar-refractivity contribution in [2.45, 2.75) is 51.4 Å². The summed E-state index contributed by atoms with van der Waals surface area (Å²) in [6, 6.07) is 11.8. The van der Waals surface area contributed by atoms with Crippen LogP contribution < -0.4 is 0 Å². The fourth-order valence-electron chi connectivity index (χ4n) is 3.54. The predicted molar refractivity (Wildman–Crippen MR) is 89.6 cm³/mol. The number of phenolic OH excluding ortho intramolecular Hbond substituents is 2. The zero-order valence-electron chi connectivity index (χ0n) is 13.2. The third-order valence-corrected chi connectivity index (χ3v) is 4.85. The number of hydrogen-bond donors (Lipinski definition) is 2. The lowest BCUT2D eigenvalue weighted by Crippen LogP contribution is -2.05. The first kappa shape index (κ1) is 15.0. The number of benzene rings is 2. The Morgan fingerprint density at radius 1 is 1.00 bits per heavy atom. The molecular formula is C20H24O2. The Morgan fingerprint density at radius 3 is 2.50 bits per heavy atom. The van der Waals surface area contributed by atoms with Gasteiger partial charge in [0.25, 0.3) is 0 Å². The minimum Gasteiger partial charge on any atom is -0.508 e. The maximum Gasteiger partial charge on any atom is 0.122 e. The molecular weight excluding hydrogens is 272 g/mol. The molecule has 1 saturated carbocycles. The van der Waals surface area contributed by atoms with Crippen molar-refractivity contribution in [2.75, 3.05) is 0 Å². The van der Waals surface area contributed by atoms with Gasteiger partial charge in [-0.1, -0.05) is 49.6 Å². The Labute approximate surface area is 132 Å². The molecule has 2 nitrogen and oxygen atoms in total. The third kappa shape index (κ3) is 3.11. The lowest BCUT2D eigenvalue weighted by Gasteiger charge is -2.23. The first-order valence-electron chi connectivity index (χ1n) is 8.24. The highest BCUT2D eigenvalue weighted by Crippen LogP contribution is 2.39. The Hall–Kier alpha value is -1.96. The van der Waals surface area contributed by atoms with Crippen molar-refractivity contribution >= 4 is 0 Å². The summed E-state index contributed by atoms with van der Waals surface area (Å²) in [6.07, 6.45) is 6.94. The minimum absolute atomic E-state index is 0.323. The normalized spacial score (nSPS) is 15.9. The predicted octanol–water partition coefficient (Wildman–Crippen LogP) is 5.04. The summed E-state index contributed by atoms with van der Waals surface area (Å²) in [4.78, 5) is 0. The van der Waals surface area contributed by atoms with E-state index in [2.05, 4.69) is 12.1 Å². The van der Waals surface area contributed by atoms with Gasteiger partial charge in [0.15, 0.2) is 0 Å². The van der Waals surface area contributed by atoms with E-state index in [9.17, 15) is 10.2 Å². The topological polar surface area (TPSA) is 40.5 Å². The molecule has 0 amide bonds. The van der Waals surface area contributed by atoms with E-state index >= 15 is 0 Å². The molecule has 3 rings (SSSR count). The second-order valence-electron chi connectivity index (χ2n) is 6.49. The lowest BCUT2D eigenvalue weighted by atomic mass is 9.82. The van der Waals surface area contributed by atoms with Crippen LogP contribution in [0.4, 0.5) is 0 Å². The summed E-state index contributed by atoms with van der Waals surface area (Å²) in [5, 5.41) is 20.3. The number of rotatable bonds is 3. The van der Waals surface area contributed by atoms with E-state index in [-0.39, 0.29) is 0 Å². The second-order valence-corrected chi connectivity index (χ2v) is 6.49. The molecule has 0 atom stereocenters. The van der Waals surface area contributed by atoms with Gasteiger partial charge in [0.2, 0.25) is 0 Å². The van der Waals surface area contributed by atoms with E-state index in [0.717, 1.165) is 22.3 Å². The van der Waals surface area contributed by atoms with Crippen LogP contribution in [0.15, 0.2) is 36.4 Å². The largest absolute Gasteiger partial charge is 0.508 e. The Bertz CT molecular complexity index is 655. The molecule has 1 aliphatic rings. The molecule has 2 aromatic carbocycles. The van der Waals surface area contributed by atoms with Crippen LogP contribution in [-0.4, -0.2) is 10.2 Å². The van der Waals surface area contributed by atoms with Crippen LogP contribution in [0.1, 0.15) is 60.3 Å². The first-order chi connectivity index (χ1) is 10.6. The zero-order chi connectivity index (χ0) is 15.5. The van der Waals surface area contributed by atoms with Gasteiger partial charge in [-0.2, -0.15) is 0 Å². The van der Waals surface area contributed by atoms with Crippen molar-refractivity contribution in [3.05, 3.63) is 58.7 Å². The molecule has 0 radical (unpaired) electrons. The van der Waals surface area contributed by atoms with E-state index in [0.29, 0.717) is 23.8 Å². The maximum atomic E-state index is 10.7. The van der Waals surface area contributed by atoms with Crippen LogP contribution in [0.5, 0.6) is 11.5 Å². The summed E-state index contributed by atoms with van der Waals surface area (Å²) < 4.78 is 0. The summed E-state index contributed by atoms with van der Waals surface area (Å²) >= 11 is 0. The van der Waals surface area contributed by atoms with Crippen LogP contribution in [0.25, 0.3) is 0 Å². The molecule has 0 aromatic heterocycles. The summed E-state index contributed by atoms with van der Waals surface area (Å²) in [5.41, 5.74) is 4.09. The number of hydrogen-bond acceptors (Lipinski definition) is 2. The Balaban J connectivity index is 1.86. The summed E-state index contributed by atoms with van der Waals surface area (Å²) in [7, 11) is 0. The van der Waals surface area contributed by atoms with Gasteiger partial charge in [-0.25, -0.2) is 0 Å². The van der Waals surface area contributed by atoms with Crippen molar-refractivity contribution < 1.29 is 10.2 Å². The van der Waals surface area contributed by atoms with Crippen LogP contribution >= 0.6 is 0 Å². The van der Waals surface area contributed by atoms with Crippen molar-refractivity contribution in [3.8, 4) is 11.5 Å². The van der Waals surface area contributed by atoms with Crippen molar-refractivity contribution in [1.29, 1.82) is 0 Å². The fraction of sp³-hybridized carbons (Fsp3) is 0.400. The molecule has 2 aromatic rings. The van der Waals surface area contributed by atoms with E-state index in [4.69, 9.17) is 0 Å². The van der Waals surface area contributed by atoms with Gasteiger partial charge >= 0.3 is 0 Å². The van der Waals surface area contributed by atoms with E-state index in [1.54, 1.807) is 6.07 Å². The molecule has 0 aliphatic heterocycles. The highest BCUT2D eigenvalue weighted by atomic mass is 16.3. The van der Waals surface area contributed by atoms with Gasteiger partial charge in [0, 0.05) is 6.42 Å². The van der Waals surface area contributed by atoms with Crippen molar-refractivity contribution in [2.24, 2.45) is 0 Å². The molecule has 0 unspecified atom stereocenters. The quantitative estimate of drug-likeness (QED) is 0.832. The zero-order valence-corrected chi connectivity index (χ0v) is 13.2. The molecule has 0 heterocycles. The standard InChI is InChI=1S/C20H24O2/c1-14-12-15(10-11-19(14)21)13-17-8-5-9-18(20(17)22)16-6-3-2-4-7-16/h5,8-12,16,21-22H,2-4,6-7,13H2,1H3. The molecule has 116 valence electrons. The smallest absolute Gasteiger partial charge is 0.122 e. The average molecular weight is 296 g/mol. The SMILES string of the molecule is Cc1cc(Cc2cccc(C3CCCCC3)c2O)ccc1O. The van der Waals surface area contributed by atoms with E-state index in [1.165, 1.54) is 32.1 Å². The monoisotopic (exact) mass is 296 g/mol. The fourth-order valence-corrected chi connectivity index (χ4v) is 3.54. The van der Waals surface area contributed by atoms with Crippen molar-refractivity contribution in [3.63, 3.8) is 0 Å². The highest BCUT2D eigenvalue weighted by molar-refractivity contribution is 5.46. The van der Waals surface area contributed by atoms with Gasteiger partial charge < -0.3 is 10.2 Å². The number of aromatic hydroxyl groups is 2. The van der Waals surface area contributed by atoms with Gasteiger partial charge in [-0.15, -0.1) is 0 Å². The Kier molecular flexibility index (Phi) is 4.37. The van der Waals surface area contributed by atoms with Crippen LogP contribution in [0.2, 0.25) is 0 Å². The molecule has 2 N–H and O–H groups in total. The number of aryl methyl sites for hydroxylation is 1. The van der Waals surface area contributed by atoms with Crippen molar-refractivity contribution in [1.82, 2.24) is 0 Å². The van der Waals surface area contributed by atoms with E-state index in [1.807, 2.05) is 25.1 Å². The summed E-state index contributed by atoms with van der Waals surface area (Å²) in [5.74, 6) is 1.30. The molecule has 0 bridgehead atoms. The van der Waals surface area contributed by atoms with Gasteiger partial charge in [0.05, 0.1) is 0 Å². The highest BCUT2D eigenvalue weighted by Gasteiger charge is 2.19. The first-order valence-corrected chi connectivity index (χ1v) is 8.24. The van der Waals surface area contributed by atoms with Crippen LogP contribution in [-0.2, 0) is 6.42 Å². The van der Waals surface area contributed by atoms with Crippen LogP contribution in [0, 0.1) is 6.92 Å². The molecule has 22 heavy (non-hydrogen) atoms. The van der Waals surface area contributed by atoms with Gasteiger partial charge in [-0.05, 0) is 54.0 Å². The van der Waals surface area contributed by atoms with Gasteiger partial charge in [-0.3, -0.25) is 0 Å². The molecule has 1 aliphatic carbocycles. The molecule has 1 fully saturated rings. The molecule has 0 spiro atoms. The second kappa shape index (κ2) is 6.43. The summed E-state index contributed by atoms with van der Waals surface area (Å²) in [6.45, 7) is 1.90. The minimum atomic E-state index is 0.323. The maximum absolute atomic E-state index is 10.7. The lowest BCUT2D eigenvalue weighted by molar-refractivity contribution is 0.412. The third-order valence-electron chi connectivity index (χ3n) is 4.85. The molecule has 2 heteroatoms. The molecule has 0 saturated heterocycles. The Morgan fingerprint density at radius 2 is 1.77 bits per heavy atom. The average Bonchev–Trinajstić information content (AvgIpc) is 2.54. The number of phenols is 2. The van der Waals surface area contributed by atoms with Gasteiger partial charge in [0.1, 0.15) is 11.5 Å².